The van der Waals surface area contributed by atoms with E-state index in [9.17, 15) is 4.79 Å². The second-order valence-corrected chi connectivity index (χ2v) is 4.58. The number of anilines is 1. The molecule has 0 aliphatic heterocycles. The molecular weight excluding hydrogens is 270 g/mol. The van der Waals surface area contributed by atoms with Gasteiger partial charge in [-0.2, -0.15) is 0 Å². The number of aromatic nitrogens is 4. The molecule has 2 heterocycles. The first-order chi connectivity index (χ1) is 10.2. The molecule has 108 valence electrons. The maximum Gasteiger partial charge on any atom is 0.350 e. The van der Waals surface area contributed by atoms with Gasteiger partial charge in [-0.3, -0.25) is 4.98 Å². The largest absolute Gasteiger partial charge is 0.494 e. The van der Waals surface area contributed by atoms with E-state index in [-0.39, 0.29) is 5.69 Å². The van der Waals surface area contributed by atoms with Crippen molar-refractivity contribution in [1.82, 2.24) is 19.2 Å². The fourth-order valence-corrected chi connectivity index (χ4v) is 1.99. The number of nitrogen functional groups attached to an aromatic ring is 1. The van der Waals surface area contributed by atoms with Crippen molar-refractivity contribution in [2.75, 3.05) is 12.3 Å². The smallest absolute Gasteiger partial charge is 0.350 e. The summed E-state index contributed by atoms with van der Waals surface area (Å²) in [5.74, 6) is 0.760. The fourth-order valence-electron chi connectivity index (χ4n) is 1.99. The Labute approximate surface area is 120 Å². The van der Waals surface area contributed by atoms with Gasteiger partial charge in [-0.05, 0) is 24.3 Å². The van der Waals surface area contributed by atoms with Crippen LogP contribution in [0.1, 0.15) is 6.42 Å². The van der Waals surface area contributed by atoms with Crippen molar-refractivity contribution in [3.8, 4) is 5.75 Å². The van der Waals surface area contributed by atoms with Crippen molar-refractivity contribution >= 4 is 11.3 Å². The van der Waals surface area contributed by atoms with E-state index in [1.54, 1.807) is 30.7 Å². The number of fused-ring (bicyclic) bond motifs is 1. The minimum atomic E-state index is -0.167. The van der Waals surface area contributed by atoms with Gasteiger partial charge in [0.1, 0.15) is 5.75 Å². The number of aryl methyl sites for hydroxylation is 1. The van der Waals surface area contributed by atoms with Crippen LogP contribution in [0.3, 0.4) is 0 Å². The van der Waals surface area contributed by atoms with E-state index >= 15 is 0 Å². The summed E-state index contributed by atoms with van der Waals surface area (Å²) >= 11 is 0. The van der Waals surface area contributed by atoms with Crippen molar-refractivity contribution in [3.63, 3.8) is 0 Å². The molecule has 7 nitrogen and oxygen atoms in total. The van der Waals surface area contributed by atoms with Crippen LogP contribution in [0.5, 0.6) is 5.75 Å². The molecule has 7 heteroatoms. The lowest BCUT2D eigenvalue weighted by atomic mass is 10.3. The summed E-state index contributed by atoms with van der Waals surface area (Å²) in [6.45, 7) is 0.998. The maximum absolute atomic E-state index is 12.0. The number of rotatable bonds is 5. The summed E-state index contributed by atoms with van der Waals surface area (Å²) in [5.41, 5.74) is 6.68. The van der Waals surface area contributed by atoms with Gasteiger partial charge in [-0.25, -0.2) is 13.9 Å². The Hall–Kier alpha value is -2.83. The predicted molar refractivity (Wildman–Crippen MR) is 78.2 cm³/mol. The van der Waals surface area contributed by atoms with Crippen molar-refractivity contribution in [1.29, 1.82) is 0 Å². The van der Waals surface area contributed by atoms with Crippen LogP contribution in [0, 0.1) is 0 Å². The third-order valence-corrected chi connectivity index (χ3v) is 3.05. The molecule has 1 aromatic carbocycles. The summed E-state index contributed by atoms with van der Waals surface area (Å²) in [4.78, 5) is 16.0. The number of nitrogens with zero attached hydrogens (tertiary/aromatic N) is 4. The van der Waals surface area contributed by atoms with E-state index in [1.807, 2.05) is 12.1 Å². The van der Waals surface area contributed by atoms with Crippen LogP contribution in [-0.2, 0) is 6.54 Å². The van der Waals surface area contributed by atoms with Crippen molar-refractivity contribution in [2.24, 2.45) is 0 Å². The highest BCUT2D eigenvalue weighted by Gasteiger charge is 2.05. The Bertz CT molecular complexity index is 791. The molecule has 2 N–H and O–H groups in total. The lowest BCUT2D eigenvalue weighted by Crippen LogP contribution is -2.22. The zero-order valence-electron chi connectivity index (χ0n) is 11.3. The molecule has 0 saturated carbocycles. The van der Waals surface area contributed by atoms with Crippen LogP contribution >= 0.6 is 0 Å². The van der Waals surface area contributed by atoms with Gasteiger partial charge in [0.2, 0.25) is 0 Å². The number of nitrogens with two attached hydrogens (primary N) is 1. The van der Waals surface area contributed by atoms with E-state index in [2.05, 4.69) is 10.1 Å². The summed E-state index contributed by atoms with van der Waals surface area (Å²) < 4.78 is 8.46. The second-order valence-electron chi connectivity index (χ2n) is 4.58. The number of hydrogen-bond acceptors (Lipinski definition) is 5. The molecule has 0 unspecified atom stereocenters. The molecule has 2 aromatic heterocycles. The molecule has 0 aliphatic rings. The van der Waals surface area contributed by atoms with Crippen LogP contribution in [0.25, 0.3) is 5.65 Å². The molecule has 3 aromatic rings. The van der Waals surface area contributed by atoms with E-state index in [0.29, 0.717) is 30.9 Å². The van der Waals surface area contributed by atoms with Crippen molar-refractivity contribution < 1.29 is 4.74 Å². The monoisotopic (exact) mass is 285 g/mol. The Morgan fingerprint density at radius 1 is 1.24 bits per heavy atom. The zero-order chi connectivity index (χ0) is 14.7. The van der Waals surface area contributed by atoms with Crippen LogP contribution < -0.4 is 16.2 Å². The first kappa shape index (κ1) is 13.2. The first-order valence-corrected chi connectivity index (χ1v) is 6.61. The minimum absolute atomic E-state index is 0.167. The van der Waals surface area contributed by atoms with E-state index in [0.717, 1.165) is 5.75 Å². The molecule has 0 aliphatic carbocycles. The van der Waals surface area contributed by atoms with Crippen LogP contribution in [-0.4, -0.2) is 25.8 Å². The van der Waals surface area contributed by atoms with Gasteiger partial charge in [-0.1, -0.05) is 0 Å². The summed E-state index contributed by atoms with van der Waals surface area (Å²) in [7, 11) is 0. The highest BCUT2D eigenvalue weighted by atomic mass is 16.5. The molecule has 0 saturated heterocycles. The summed E-state index contributed by atoms with van der Waals surface area (Å²) in [5, 5.41) is 4.20. The normalized spacial score (nSPS) is 10.9. The van der Waals surface area contributed by atoms with Gasteiger partial charge in [0.15, 0.2) is 5.65 Å². The lowest BCUT2D eigenvalue weighted by Gasteiger charge is -2.05. The number of benzene rings is 1. The fraction of sp³-hybridized carbons (Fsp3) is 0.214. The average molecular weight is 285 g/mol. The van der Waals surface area contributed by atoms with E-state index in [4.69, 9.17) is 10.5 Å². The Kier molecular flexibility index (Phi) is 3.55. The predicted octanol–water partition coefficient (Wildman–Crippen LogP) is 0.942. The quantitative estimate of drug-likeness (QED) is 0.557. The SMILES string of the molecule is Nc1ccc(OCCCn2nc3cnccn3c2=O)cc1. The summed E-state index contributed by atoms with van der Waals surface area (Å²) in [6, 6.07) is 7.21. The molecule has 0 spiro atoms. The Morgan fingerprint density at radius 2 is 2.05 bits per heavy atom. The highest BCUT2D eigenvalue weighted by molar-refractivity contribution is 5.41. The van der Waals surface area contributed by atoms with Gasteiger partial charge in [-0.15, -0.1) is 5.10 Å². The van der Waals surface area contributed by atoms with Crippen LogP contribution in [0.2, 0.25) is 0 Å². The molecule has 0 fully saturated rings. The third kappa shape index (κ3) is 2.86. The van der Waals surface area contributed by atoms with Crippen molar-refractivity contribution in [3.05, 3.63) is 53.3 Å². The molecular formula is C14H15N5O2. The average Bonchev–Trinajstić information content (AvgIpc) is 2.82. The molecule has 0 bridgehead atoms. The first-order valence-electron chi connectivity index (χ1n) is 6.61. The maximum atomic E-state index is 12.0. The molecule has 0 atom stereocenters. The second kappa shape index (κ2) is 5.66. The zero-order valence-corrected chi connectivity index (χ0v) is 11.3. The van der Waals surface area contributed by atoms with E-state index in [1.165, 1.54) is 9.08 Å². The Balaban J connectivity index is 1.58. The molecule has 0 radical (unpaired) electrons. The summed E-state index contributed by atoms with van der Waals surface area (Å²) in [6.07, 6.45) is 5.40. The topological polar surface area (TPSA) is 87.4 Å². The molecule has 21 heavy (non-hydrogen) atoms. The van der Waals surface area contributed by atoms with Crippen LogP contribution in [0.4, 0.5) is 5.69 Å². The van der Waals surface area contributed by atoms with Gasteiger partial charge in [0, 0.05) is 31.0 Å². The standard InChI is InChI=1S/C14H15N5O2/c15-11-2-4-12(5-3-11)21-9-1-7-19-14(20)18-8-6-16-10-13(18)17-19/h2-6,8,10H,1,7,9,15H2. The number of hydrogen-bond donors (Lipinski definition) is 1. The molecule has 0 amide bonds. The molecule has 3 rings (SSSR count). The van der Waals surface area contributed by atoms with Crippen LogP contribution in [0.15, 0.2) is 47.7 Å². The van der Waals surface area contributed by atoms with Gasteiger partial charge < -0.3 is 10.5 Å². The van der Waals surface area contributed by atoms with Gasteiger partial charge >= 0.3 is 5.69 Å². The third-order valence-electron chi connectivity index (χ3n) is 3.05. The van der Waals surface area contributed by atoms with E-state index < -0.39 is 0 Å². The Morgan fingerprint density at radius 3 is 2.81 bits per heavy atom. The number of ether oxygens (including phenoxy) is 1. The van der Waals surface area contributed by atoms with Gasteiger partial charge in [0.25, 0.3) is 0 Å². The lowest BCUT2D eigenvalue weighted by molar-refractivity contribution is 0.297. The minimum Gasteiger partial charge on any atom is -0.494 e. The van der Waals surface area contributed by atoms with Gasteiger partial charge in [0.05, 0.1) is 12.8 Å². The highest BCUT2D eigenvalue weighted by Crippen LogP contribution is 2.13. The van der Waals surface area contributed by atoms with Crippen molar-refractivity contribution in [2.45, 2.75) is 13.0 Å².